The molecule has 0 unspecified atom stereocenters. The Morgan fingerprint density at radius 1 is 0.818 bits per heavy atom. The summed E-state index contributed by atoms with van der Waals surface area (Å²) in [5.41, 5.74) is 1.98. The molecule has 0 spiro atoms. The molecule has 1 aliphatic rings. The largest absolute Gasteiger partial charge is 0.335 e. The molecule has 3 amide bonds. The van der Waals surface area contributed by atoms with Crippen molar-refractivity contribution >= 4 is 23.3 Å². The van der Waals surface area contributed by atoms with Gasteiger partial charge >= 0.3 is 6.03 Å². The summed E-state index contributed by atoms with van der Waals surface area (Å²) < 4.78 is 0. The van der Waals surface area contributed by atoms with Crippen molar-refractivity contribution in [2.24, 2.45) is 0 Å². The first-order chi connectivity index (χ1) is 10.7. The Morgan fingerprint density at radius 2 is 1.41 bits per heavy atom. The lowest BCUT2D eigenvalue weighted by atomic mass is 10.2. The van der Waals surface area contributed by atoms with E-state index in [1.54, 1.807) is 36.4 Å². The zero-order chi connectivity index (χ0) is 15.4. The van der Waals surface area contributed by atoms with E-state index in [4.69, 9.17) is 0 Å². The van der Waals surface area contributed by atoms with Crippen molar-refractivity contribution in [1.29, 1.82) is 0 Å². The molecule has 1 fully saturated rings. The molecule has 5 nitrogen and oxygen atoms in total. The molecule has 0 heterocycles. The van der Waals surface area contributed by atoms with Gasteiger partial charge in [0.25, 0.3) is 5.91 Å². The monoisotopic (exact) mass is 295 g/mol. The minimum absolute atomic E-state index is 0.159. The van der Waals surface area contributed by atoms with Crippen LogP contribution in [0.25, 0.3) is 0 Å². The summed E-state index contributed by atoms with van der Waals surface area (Å²) in [7, 11) is 0. The van der Waals surface area contributed by atoms with E-state index in [1.165, 1.54) is 0 Å². The Morgan fingerprint density at radius 3 is 2.00 bits per heavy atom. The van der Waals surface area contributed by atoms with Crippen molar-refractivity contribution in [3.05, 3.63) is 60.2 Å². The number of nitrogens with one attached hydrogen (secondary N) is 3. The first-order valence-corrected chi connectivity index (χ1v) is 7.25. The number of hydrogen-bond donors (Lipinski definition) is 3. The van der Waals surface area contributed by atoms with Crippen LogP contribution < -0.4 is 16.0 Å². The third-order valence-electron chi connectivity index (χ3n) is 3.35. The Hall–Kier alpha value is -2.82. The third-order valence-corrected chi connectivity index (χ3v) is 3.35. The van der Waals surface area contributed by atoms with Crippen molar-refractivity contribution in [3.8, 4) is 0 Å². The maximum Gasteiger partial charge on any atom is 0.319 e. The lowest BCUT2D eigenvalue weighted by Gasteiger charge is -2.08. The number of amides is 3. The van der Waals surface area contributed by atoms with Gasteiger partial charge in [-0.15, -0.1) is 0 Å². The molecule has 2 aromatic rings. The van der Waals surface area contributed by atoms with Gasteiger partial charge in [-0.3, -0.25) is 4.79 Å². The molecular formula is C17H17N3O2. The number of anilines is 2. The highest BCUT2D eigenvalue weighted by Gasteiger charge is 2.23. The van der Waals surface area contributed by atoms with Gasteiger partial charge in [0.1, 0.15) is 0 Å². The van der Waals surface area contributed by atoms with Gasteiger partial charge in [0.2, 0.25) is 0 Å². The second-order valence-corrected chi connectivity index (χ2v) is 5.27. The van der Waals surface area contributed by atoms with Gasteiger partial charge in [0, 0.05) is 23.0 Å². The normalized spacial score (nSPS) is 13.3. The van der Waals surface area contributed by atoms with Crippen LogP contribution in [0, 0.1) is 0 Å². The van der Waals surface area contributed by atoms with Crippen LogP contribution in [-0.4, -0.2) is 18.0 Å². The smallest absolute Gasteiger partial charge is 0.319 e. The predicted octanol–water partition coefficient (Wildman–Crippen LogP) is 3.22. The van der Waals surface area contributed by atoms with Crippen LogP contribution in [0.15, 0.2) is 54.6 Å². The van der Waals surface area contributed by atoms with E-state index in [-0.39, 0.29) is 11.9 Å². The molecule has 0 saturated heterocycles. The van der Waals surface area contributed by atoms with Crippen LogP contribution in [0.1, 0.15) is 23.2 Å². The quantitative estimate of drug-likeness (QED) is 0.810. The molecule has 3 rings (SSSR count). The number of hydrogen-bond acceptors (Lipinski definition) is 2. The van der Waals surface area contributed by atoms with Gasteiger partial charge < -0.3 is 16.0 Å². The van der Waals surface area contributed by atoms with Crippen molar-refractivity contribution in [2.75, 3.05) is 10.6 Å². The highest BCUT2D eigenvalue weighted by Crippen LogP contribution is 2.19. The van der Waals surface area contributed by atoms with Gasteiger partial charge in [0.15, 0.2) is 0 Å². The number of carbonyl (C=O) groups excluding carboxylic acids is 2. The lowest BCUT2D eigenvalue weighted by molar-refractivity contribution is 0.102. The summed E-state index contributed by atoms with van der Waals surface area (Å²) in [6.45, 7) is 0. The standard InChI is InChI=1S/C17H17N3O2/c21-16(12-4-2-1-3-5-12)18-13-6-8-14(9-7-13)19-17(22)20-15-10-11-15/h1-9,15H,10-11H2,(H,18,21)(H2,19,20,22). The first-order valence-electron chi connectivity index (χ1n) is 7.25. The molecule has 1 aliphatic carbocycles. The average Bonchev–Trinajstić information content (AvgIpc) is 3.34. The topological polar surface area (TPSA) is 70.2 Å². The molecule has 0 aliphatic heterocycles. The van der Waals surface area contributed by atoms with Gasteiger partial charge in [-0.05, 0) is 49.2 Å². The van der Waals surface area contributed by atoms with Crippen LogP contribution in [-0.2, 0) is 0 Å². The van der Waals surface area contributed by atoms with Crippen molar-refractivity contribution < 1.29 is 9.59 Å². The van der Waals surface area contributed by atoms with Gasteiger partial charge in [-0.1, -0.05) is 18.2 Å². The van der Waals surface area contributed by atoms with Crippen molar-refractivity contribution in [3.63, 3.8) is 0 Å². The number of carbonyl (C=O) groups is 2. The van der Waals surface area contributed by atoms with Crippen LogP contribution in [0.3, 0.4) is 0 Å². The van der Waals surface area contributed by atoms with E-state index in [2.05, 4.69) is 16.0 Å². The van der Waals surface area contributed by atoms with E-state index in [9.17, 15) is 9.59 Å². The number of urea groups is 1. The molecule has 0 atom stereocenters. The zero-order valence-corrected chi connectivity index (χ0v) is 12.0. The van der Waals surface area contributed by atoms with Crippen LogP contribution in [0.4, 0.5) is 16.2 Å². The molecule has 2 aromatic carbocycles. The maximum absolute atomic E-state index is 12.0. The molecule has 0 aromatic heterocycles. The van der Waals surface area contributed by atoms with E-state index < -0.39 is 0 Å². The maximum atomic E-state index is 12.0. The Labute approximate surface area is 128 Å². The number of benzene rings is 2. The average molecular weight is 295 g/mol. The van der Waals surface area contributed by atoms with E-state index in [0.29, 0.717) is 23.0 Å². The van der Waals surface area contributed by atoms with E-state index in [1.807, 2.05) is 18.2 Å². The molecule has 3 N–H and O–H groups in total. The van der Waals surface area contributed by atoms with Crippen LogP contribution in [0.2, 0.25) is 0 Å². The predicted molar refractivity (Wildman–Crippen MR) is 86.0 cm³/mol. The summed E-state index contributed by atoms with van der Waals surface area (Å²) in [6, 6.07) is 16.2. The minimum Gasteiger partial charge on any atom is -0.335 e. The van der Waals surface area contributed by atoms with Gasteiger partial charge in [-0.25, -0.2) is 4.79 Å². The molecule has 0 bridgehead atoms. The highest BCUT2D eigenvalue weighted by atomic mass is 16.2. The minimum atomic E-state index is -0.191. The lowest BCUT2D eigenvalue weighted by Crippen LogP contribution is -2.30. The number of rotatable bonds is 4. The molecule has 0 radical (unpaired) electrons. The van der Waals surface area contributed by atoms with E-state index in [0.717, 1.165) is 12.8 Å². The highest BCUT2D eigenvalue weighted by molar-refractivity contribution is 6.04. The Kier molecular flexibility index (Phi) is 4.05. The molecule has 1 saturated carbocycles. The second-order valence-electron chi connectivity index (χ2n) is 5.27. The summed E-state index contributed by atoms with van der Waals surface area (Å²) in [6.07, 6.45) is 2.11. The summed E-state index contributed by atoms with van der Waals surface area (Å²) >= 11 is 0. The van der Waals surface area contributed by atoms with Gasteiger partial charge in [0.05, 0.1) is 0 Å². The summed E-state index contributed by atoms with van der Waals surface area (Å²) in [5, 5.41) is 8.43. The van der Waals surface area contributed by atoms with Crippen LogP contribution >= 0.6 is 0 Å². The molecular weight excluding hydrogens is 278 g/mol. The van der Waals surface area contributed by atoms with Crippen molar-refractivity contribution in [1.82, 2.24) is 5.32 Å². The SMILES string of the molecule is O=C(Nc1ccc(NC(=O)c2ccccc2)cc1)NC1CC1. The third kappa shape index (κ3) is 3.85. The van der Waals surface area contributed by atoms with E-state index >= 15 is 0 Å². The second kappa shape index (κ2) is 6.30. The molecule has 22 heavy (non-hydrogen) atoms. The Bertz CT molecular complexity index is 664. The Balaban J connectivity index is 1.56. The van der Waals surface area contributed by atoms with Crippen LogP contribution in [0.5, 0.6) is 0 Å². The zero-order valence-electron chi connectivity index (χ0n) is 12.0. The summed E-state index contributed by atoms with van der Waals surface area (Å²) in [5.74, 6) is -0.159. The fraction of sp³-hybridized carbons (Fsp3) is 0.176. The first kappa shape index (κ1) is 14.1. The fourth-order valence-corrected chi connectivity index (χ4v) is 2.01. The van der Waals surface area contributed by atoms with Gasteiger partial charge in [-0.2, -0.15) is 0 Å². The summed E-state index contributed by atoms with van der Waals surface area (Å²) in [4.78, 5) is 23.6. The molecule has 5 heteroatoms. The fourth-order valence-electron chi connectivity index (χ4n) is 2.01. The van der Waals surface area contributed by atoms with Crippen molar-refractivity contribution in [2.45, 2.75) is 18.9 Å². The molecule has 112 valence electrons.